The summed E-state index contributed by atoms with van der Waals surface area (Å²) in [6.45, 7) is 6.32. The van der Waals surface area contributed by atoms with E-state index >= 15 is 0 Å². The van der Waals surface area contributed by atoms with Crippen molar-refractivity contribution in [2.75, 3.05) is 39.3 Å². The fourth-order valence-corrected chi connectivity index (χ4v) is 4.32. The van der Waals surface area contributed by atoms with Crippen molar-refractivity contribution in [3.05, 3.63) is 0 Å². The predicted octanol–water partition coefficient (Wildman–Crippen LogP) is 1.85. The van der Waals surface area contributed by atoms with Crippen molar-refractivity contribution in [2.45, 2.75) is 57.4 Å². The Morgan fingerprint density at radius 1 is 0.810 bits per heavy atom. The van der Waals surface area contributed by atoms with Crippen molar-refractivity contribution in [1.82, 2.24) is 15.1 Å². The summed E-state index contributed by atoms with van der Waals surface area (Å²) in [6, 6.07) is 0.808. The van der Waals surface area contributed by atoms with Crippen LogP contribution in [-0.2, 0) is 4.79 Å². The van der Waals surface area contributed by atoms with E-state index in [0.29, 0.717) is 5.91 Å². The summed E-state index contributed by atoms with van der Waals surface area (Å²) in [4.78, 5) is 17.6. The molecular formula is C17H31N3O. The summed E-state index contributed by atoms with van der Waals surface area (Å²) in [6.07, 6.45) is 9.98. The second-order valence-corrected chi connectivity index (χ2v) is 7.03. The molecule has 0 spiro atoms. The monoisotopic (exact) mass is 293 g/mol. The van der Waals surface area contributed by atoms with Crippen LogP contribution >= 0.6 is 0 Å². The molecule has 2 saturated heterocycles. The van der Waals surface area contributed by atoms with Gasteiger partial charge in [0.1, 0.15) is 0 Å². The summed E-state index contributed by atoms with van der Waals surface area (Å²) >= 11 is 0. The smallest absolute Gasteiger partial charge is 0.225 e. The van der Waals surface area contributed by atoms with Crippen LogP contribution in [0.25, 0.3) is 0 Å². The Balaban J connectivity index is 1.52. The molecule has 21 heavy (non-hydrogen) atoms. The van der Waals surface area contributed by atoms with Gasteiger partial charge >= 0.3 is 0 Å². The Kier molecular flexibility index (Phi) is 5.53. The molecule has 4 nitrogen and oxygen atoms in total. The fourth-order valence-electron chi connectivity index (χ4n) is 4.32. The van der Waals surface area contributed by atoms with E-state index in [1.54, 1.807) is 0 Å². The number of carbonyl (C=O) groups is 1. The first-order valence-electron chi connectivity index (χ1n) is 9.08. The standard InChI is InChI=1S/C17H31N3O/c21-17(15-5-3-9-18-10-8-15)20-12-4-11-19(13-14-20)16-6-1-2-7-16/h15-16,18H,1-14H2/t15-/m0/s1. The van der Waals surface area contributed by atoms with Crippen LogP contribution in [0.2, 0.25) is 0 Å². The Morgan fingerprint density at radius 2 is 1.67 bits per heavy atom. The van der Waals surface area contributed by atoms with Crippen LogP contribution in [0, 0.1) is 5.92 Å². The molecule has 0 aromatic heterocycles. The second-order valence-electron chi connectivity index (χ2n) is 7.03. The van der Waals surface area contributed by atoms with E-state index in [4.69, 9.17) is 0 Å². The Hall–Kier alpha value is -0.610. The summed E-state index contributed by atoms with van der Waals surface area (Å²) in [7, 11) is 0. The Labute approximate surface area is 129 Å². The molecule has 1 atom stereocenters. The molecule has 3 rings (SSSR count). The van der Waals surface area contributed by atoms with Crippen LogP contribution in [0.3, 0.4) is 0 Å². The van der Waals surface area contributed by atoms with Crippen LogP contribution < -0.4 is 5.32 Å². The lowest BCUT2D eigenvalue weighted by molar-refractivity contribution is -0.135. The summed E-state index contributed by atoms with van der Waals surface area (Å²) in [5, 5.41) is 3.41. The first-order valence-corrected chi connectivity index (χ1v) is 9.08. The second kappa shape index (κ2) is 7.59. The van der Waals surface area contributed by atoms with Gasteiger partial charge in [-0.1, -0.05) is 12.8 Å². The molecular weight excluding hydrogens is 262 g/mol. The molecule has 2 heterocycles. The van der Waals surface area contributed by atoms with Gasteiger partial charge in [-0.2, -0.15) is 0 Å². The van der Waals surface area contributed by atoms with Gasteiger partial charge in [-0.05, 0) is 51.6 Å². The molecule has 0 aromatic rings. The van der Waals surface area contributed by atoms with E-state index in [9.17, 15) is 4.79 Å². The number of rotatable bonds is 2. The van der Waals surface area contributed by atoms with Crippen LogP contribution in [-0.4, -0.2) is 61.0 Å². The zero-order valence-electron chi connectivity index (χ0n) is 13.4. The Morgan fingerprint density at radius 3 is 2.52 bits per heavy atom. The molecule has 0 unspecified atom stereocenters. The van der Waals surface area contributed by atoms with Gasteiger partial charge in [0.2, 0.25) is 5.91 Å². The van der Waals surface area contributed by atoms with E-state index < -0.39 is 0 Å². The average molecular weight is 293 g/mol. The lowest BCUT2D eigenvalue weighted by Gasteiger charge is -2.28. The fraction of sp³-hybridized carbons (Fsp3) is 0.941. The highest BCUT2D eigenvalue weighted by Gasteiger charge is 2.29. The van der Waals surface area contributed by atoms with Crippen LogP contribution in [0.15, 0.2) is 0 Å². The Bertz CT molecular complexity index is 333. The number of amides is 1. The van der Waals surface area contributed by atoms with Crippen molar-refractivity contribution < 1.29 is 4.79 Å². The normalized spacial score (nSPS) is 30.1. The van der Waals surface area contributed by atoms with Gasteiger partial charge in [0.25, 0.3) is 0 Å². The number of nitrogens with one attached hydrogen (secondary N) is 1. The van der Waals surface area contributed by atoms with Crippen molar-refractivity contribution in [3.63, 3.8) is 0 Å². The topological polar surface area (TPSA) is 35.6 Å². The number of hydrogen-bond acceptors (Lipinski definition) is 3. The van der Waals surface area contributed by atoms with Crippen LogP contribution in [0.1, 0.15) is 51.4 Å². The van der Waals surface area contributed by atoms with Crippen molar-refractivity contribution in [3.8, 4) is 0 Å². The largest absolute Gasteiger partial charge is 0.341 e. The third kappa shape index (κ3) is 3.98. The zero-order valence-corrected chi connectivity index (χ0v) is 13.4. The van der Waals surface area contributed by atoms with Crippen molar-refractivity contribution >= 4 is 5.91 Å². The highest BCUT2D eigenvalue weighted by molar-refractivity contribution is 5.78. The zero-order chi connectivity index (χ0) is 14.5. The molecule has 3 fully saturated rings. The molecule has 1 aliphatic carbocycles. The molecule has 0 radical (unpaired) electrons. The molecule has 1 saturated carbocycles. The molecule has 3 aliphatic rings. The highest BCUT2D eigenvalue weighted by atomic mass is 16.2. The lowest BCUT2D eigenvalue weighted by Crippen LogP contribution is -2.40. The van der Waals surface area contributed by atoms with Crippen LogP contribution in [0.5, 0.6) is 0 Å². The summed E-state index contributed by atoms with van der Waals surface area (Å²) in [5.74, 6) is 0.713. The SMILES string of the molecule is O=C([C@H]1CCCNCC1)N1CCCN(C2CCCC2)CC1. The minimum Gasteiger partial charge on any atom is -0.341 e. The van der Waals surface area contributed by atoms with Gasteiger partial charge in [-0.25, -0.2) is 0 Å². The van der Waals surface area contributed by atoms with E-state index in [2.05, 4.69) is 15.1 Å². The summed E-state index contributed by atoms with van der Waals surface area (Å²) < 4.78 is 0. The maximum Gasteiger partial charge on any atom is 0.225 e. The molecule has 2 aliphatic heterocycles. The maximum absolute atomic E-state index is 12.8. The molecule has 1 N–H and O–H groups in total. The maximum atomic E-state index is 12.8. The predicted molar refractivity (Wildman–Crippen MR) is 85.2 cm³/mol. The third-order valence-corrected chi connectivity index (χ3v) is 5.61. The van der Waals surface area contributed by atoms with Crippen LogP contribution in [0.4, 0.5) is 0 Å². The highest BCUT2D eigenvalue weighted by Crippen LogP contribution is 2.25. The van der Waals surface area contributed by atoms with E-state index in [0.717, 1.165) is 64.4 Å². The first kappa shape index (κ1) is 15.3. The van der Waals surface area contributed by atoms with Crippen molar-refractivity contribution in [2.24, 2.45) is 5.92 Å². The molecule has 1 amide bonds. The third-order valence-electron chi connectivity index (χ3n) is 5.61. The van der Waals surface area contributed by atoms with Gasteiger partial charge in [-0.3, -0.25) is 9.69 Å². The number of nitrogens with zero attached hydrogens (tertiary/aromatic N) is 2. The minimum atomic E-state index is 0.276. The van der Waals surface area contributed by atoms with E-state index in [1.807, 2.05) is 0 Å². The van der Waals surface area contributed by atoms with Gasteiger partial charge in [0, 0.05) is 38.1 Å². The minimum absolute atomic E-state index is 0.276. The summed E-state index contributed by atoms with van der Waals surface area (Å²) in [5.41, 5.74) is 0. The van der Waals surface area contributed by atoms with Gasteiger partial charge in [0.05, 0.1) is 0 Å². The van der Waals surface area contributed by atoms with Gasteiger partial charge in [0.15, 0.2) is 0 Å². The van der Waals surface area contributed by atoms with Crippen molar-refractivity contribution in [1.29, 1.82) is 0 Å². The number of hydrogen-bond donors (Lipinski definition) is 1. The average Bonchev–Trinajstić information content (AvgIpc) is 2.78. The lowest BCUT2D eigenvalue weighted by atomic mass is 9.99. The molecule has 0 aromatic carbocycles. The first-order chi connectivity index (χ1) is 10.3. The quantitative estimate of drug-likeness (QED) is 0.844. The molecule has 120 valence electrons. The molecule has 4 heteroatoms. The number of carbonyl (C=O) groups excluding carboxylic acids is 1. The molecule has 0 bridgehead atoms. The van der Waals surface area contributed by atoms with Gasteiger partial charge < -0.3 is 10.2 Å². The van der Waals surface area contributed by atoms with E-state index in [-0.39, 0.29) is 5.92 Å². The van der Waals surface area contributed by atoms with E-state index in [1.165, 1.54) is 32.2 Å². The van der Waals surface area contributed by atoms with Gasteiger partial charge in [-0.15, -0.1) is 0 Å².